The van der Waals surface area contributed by atoms with Gasteiger partial charge in [-0.2, -0.15) is 0 Å². The smallest absolute Gasteiger partial charge is 0.363 e. The van der Waals surface area contributed by atoms with E-state index >= 15 is 0 Å². The molecular formula is C27H22ClNO5. The molecule has 0 saturated heterocycles. The Morgan fingerprint density at radius 3 is 2.62 bits per heavy atom. The summed E-state index contributed by atoms with van der Waals surface area (Å²) in [6, 6.07) is 17.5. The predicted molar refractivity (Wildman–Crippen MR) is 131 cm³/mol. The molecule has 0 aromatic heterocycles. The Morgan fingerprint density at radius 2 is 1.88 bits per heavy atom. The Kier molecular flexibility index (Phi) is 6.80. The third-order valence-electron chi connectivity index (χ3n) is 5.07. The fourth-order valence-corrected chi connectivity index (χ4v) is 3.49. The third kappa shape index (κ3) is 5.18. The molecule has 0 fully saturated rings. The molecule has 0 spiro atoms. The zero-order valence-corrected chi connectivity index (χ0v) is 19.7. The molecule has 0 aliphatic carbocycles. The summed E-state index contributed by atoms with van der Waals surface area (Å²) >= 11 is 6.18. The summed E-state index contributed by atoms with van der Waals surface area (Å²) in [5, 5.41) is 0.561. The van der Waals surface area contributed by atoms with Gasteiger partial charge < -0.3 is 14.2 Å². The number of rotatable bonds is 6. The molecule has 0 N–H and O–H groups in total. The molecule has 0 radical (unpaired) electrons. The molecule has 3 aromatic rings. The molecule has 1 aliphatic heterocycles. The third-order valence-corrected chi connectivity index (χ3v) is 5.47. The minimum atomic E-state index is -0.570. The van der Waals surface area contributed by atoms with Gasteiger partial charge >= 0.3 is 11.9 Å². The van der Waals surface area contributed by atoms with E-state index in [9.17, 15) is 9.59 Å². The number of cyclic esters (lactones) is 1. The van der Waals surface area contributed by atoms with Crippen LogP contribution in [-0.4, -0.2) is 24.4 Å². The highest BCUT2D eigenvalue weighted by molar-refractivity contribution is 6.31. The molecule has 0 unspecified atom stereocenters. The normalized spacial score (nSPS) is 14.1. The zero-order chi connectivity index (χ0) is 24.2. The van der Waals surface area contributed by atoms with Crippen LogP contribution in [0.3, 0.4) is 0 Å². The standard InChI is InChI=1S/C27H22ClNO5/c1-4-32-24-14-18(9-11-23(24)33-26(30)20-7-5-6-16(2)12-20)13-22-27(31)34-25(29-22)19-10-8-17(3)21(28)15-19/h5-15H,4H2,1-3H3/b22-13-. The van der Waals surface area contributed by atoms with Gasteiger partial charge in [-0.05, 0) is 74.4 Å². The van der Waals surface area contributed by atoms with E-state index in [-0.39, 0.29) is 17.3 Å². The van der Waals surface area contributed by atoms with Crippen LogP contribution in [0.15, 0.2) is 71.4 Å². The lowest BCUT2D eigenvalue weighted by molar-refractivity contribution is -0.129. The Labute approximate surface area is 202 Å². The lowest BCUT2D eigenvalue weighted by atomic mass is 10.1. The largest absolute Gasteiger partial charge is 0.490 e. The van der Waals surface area contributed by atoms with Crippen molar-refractivity contribution in [1.82, 2.24) is 0 Å². The highest BCUT2D eigenvalue weighted by Crippen LogP contribution is 2.31. The van der Waals surface area contributed by atoms with Crippen molar-refractivity contribution in [3.8, 4) is 11.5 Å². The molecule has 0 saturated carbocycles. The van der Waals surface area contributed by atoms with Gasteiger partial charge in [0.25, 0.3) is 0 Å². The van der Waals surface area contributed by atoms with Crippen LogP contribution in [0.5, 0.6) is 11.5 Å². The van der Waals surface area contributed by atoms with Crippen molar-refractivity contribution < 1.29 is 23.8 Å². The van der Waals surface area contributed by atoms with E-state index in [1.807, 2.05) is 32.9 Å². The molecule has 0 atom stereocenters. The Hall–Kier alpha value is -3.90. The Balaban J connectivity index is 1.60. The van der Waals surface area contributed by atoms with Crippen molar-refractivity contribution in [3.63, 3.8) is 0 Å². The monoisotopic (exact) mass is 475 g/mol. The zero-order valence-electron chi connectivity index (χ0n) is 18.9. The molecule has 3 aromatic carbocycles. The van der Waals surface area contributed by atoms with Gasteiger partial charge in [0.15, 0.2) is 17.2 Å². The van der Waals surface area contributed by atoms with Crippen molar-refractivity contribution in [2.45, 2.75) is 20.8 Å². The van der Waals surface area contributed by atoms with E-state index in [0.717, 1.165) is 11.1 Å². The Bertz CT molecular complexity index is 1340. The van der Waals surface area contributed by atoms with Crippen LogP contribution >= 0.6 is 11.6 Å². The molecule has 0 amide bonds. The maximum absolute atomic E-state index is 12.6. The minimum Gasteiger partial charge on any atom is -0.490 e. The second-order valence-corrected chi connectivity index (χ2v) is 8.11. The van der Waals surface area contributed by atoms with Crippen LogP contribution in [0.2, 0.25) is 5.02 Å². The summed E-state index contributed by atoms with van der Waals surface area (Å²) in [6.07, 6.45) is 1.58. The van der Waals surface area contributed by atoms with Gasteiger partial charge in [-0.15, -0.1) is 0 Å². The SMILES string of the molecule is CCOc1cc(/C=C2\N=C(c3ccc(C)c(Cl)c3)OC2=O)ccc1OC(=O)c1cccc(C)c1. The van der Waals surface area contributed by atoms with Crippen molar-refractivity contribution >= 4 is 35.5 Å². The number of benzene rings is 3. The molecule has 34 heavy (non-hydrogen) atoms. The van der Waals surface area contributed by atoms with E-state index in [4.69, 9.17) is 25.8 Å². The summed E-state index contributed by atoms with van der Waals surface area (Å²) in [5.74, 6) is -0.214. The first kappa shape index (κ1) is 23.3. The lowest BCUT2D eigenvalue weighted by Crippen LogP contribution is -2.10. The summed E-state index contributed by atoms with van der Waals surface area (Å²) in [4.78, 5) is 29.3. The fraction of sp³-hybridized carbons (Fsp3) is 0.148. The number of aryl methyl sites for hydroxylation is 2. The maximum atomic E-state index is 12.6. The molecule has 7 heteroatoms. The number of ether oxygens (including phenoxy) is 3. The van der Waals surface area contributed by atoms with E-state index in [2.05, 4.69) is 4.99 Å². The molecule has 172 valence electrons. The molecule has 1 heterocycles. The second kappa shape index (κ2) is 9.93. The molecule has 6 nitrogen and oxygen atoms in total. The summed E-state index contributed by atoms with van der Waals surface area (Å²) in [7, 11) is 0. The quantitative estimate of drug-likeness (QED) is 0.251. The van der Waals surface area contributed by atoms with E-state index in [1.54, 1.807) is 54.6 Å². The van der Waals surface area contributed by atoms with Crippen LogP contribution in [0.1, 0.15) is 39.5 Å². The van der Waals surface area contributed by atoms with Gasteiger partial charge in [-0.25, -0.2) is 14.6 Å². The van der Waals surface area contributed by atoms with Crippen molar-refractivity contribution in [2.24, 2.45) is 4.99 Å². The average Bonchev–Trinajstić information content (AvgIpc) is 3.17. The maximum Gasteiger partial charge on any atom is 0.363 e. The molecule has 1 aliphatic rings. The first-order valence-electron chi connectivity index (χ1n) is 10.7. The lowest BCUT2D eigenvalue weighted by Gasteiger charge is -2.11. The van der Waals surface area contributed by atoms with Crippen LogP contribution in [0.4, 0.5) is 0 Å². The van der Waals surface area contributed by atoms with Crippen molar-refractivity contribution in [1.29, 1.82) is 0 Å². The highest BCUT2D eigenvalue weighted by Gasteiger charge is 2.25. The number of hydrogen-bond donors (Lipinski definition) is 0. The molecule has 0 bridgehead atoms. The van der Waals surface area contributed by atoms with E-state index < -0.39 is 11.9 Å². The predicted octanol–water partition coefficient (Wildman–Crippen LogP) is 5.92. The van der Waals surface area contributed by atoms with Gasteiger partial charge in [0.2, 0.25) is 5.90 Å². The highest BCUT2D eigenvalue weighted by atomic mass is 35.5. The number of esters is 2. The van der Waals surface area contributed by atoms with Crippen LogP contribution < -0.4 is 9.47 Å². The van der Waals surface area contributed by atoms with Gasteiger partial charge in [-0.3, -0.25) is 0 Å². The number of nitrogens with zero attached hydrogens (tertiary/aromatic N) is 1. The number of hydrogen-bond acceptors (Lipinski definition) is 6. The number of halogens is 1. The number of carbonyl (C=O) groups is 2. The molecular weight excluding hydrogens is 454 g/mol. The second-order valence-electron chi connectivity index (χ2n) is 7.70. The van der Waals surface area contributed by atoms with Gasteiger partial charge in [-0.1, -0.05) is 41.4 Å². The summed E-state index contributed by atoms with van der Waals surface area (Å²) in [6.45, 7) is 5.99. The molecule has 4 rings (SSSR count). The number of carbonyl (C=O) groups excluding carboxylic acids is 2. The number of aliphatic imine (C=N–C) groups is 1. The van der Waals surface area contributed by atoms with Crippen LogP contribution in [-0.2, 0) is 9.53 Å². The summed E-state index contributed by atoms with van der Waals surface area (Å²) < 4.78 is 16.6. The first-order chi connectivity index (χ1) is 16.3. The minimum absolute atomic E-state index is 0.138. The fourth-order valence-electron chi connectivity index (χ4n) is 3.31. The van der Waals surface area contributed by atoms with E-state index in [1.165, 1.54) is 0 Å². The van der Waals surface area contributed by atoms with Gasteiger partial charge in [0.05, 0.1) is 12.2 Å². The Morgan fingerprint density at radius 1 is 1.06 bits per heavy atom. The van der Waals surface area contributed by atoms with E-state index in [0.29, 0.717) is 34.1 Å². The average molecular weight is 476 g/mol. The van der Waals surface area contributed by atoms with Gasteiger partial charge in [0.1, 0.15) is 0 Å². The van der Waals surface area contributed by atoms with Crippen molar-refractivity contribution in [3.05, 3.63) is 99.2 Å². The topological polar surface area (TPSA) is 74.2 Å². The van der Waals surface area contributed by atoms with Crippen LogP contribution in [0, 0.1) is 13.8 Å². The van der Waals surface area contributed by atoms with Crippen LogP contribution in [0.25, 0.3) is 6.08 Å². The summed E-state index contributed by atoms with van der Waals surface area (Å²) in [5.41, 5.74) is 3.70. The first-order valence-corrected chi connectivity index (χ1v) is 11.1. The van der Waals surface area contributed by atoms with Crippen molar-refractivity contribution in [2.75, 3.05) is 6.61 Å². The van der Waals surface area contributed by atoms with Gasteiger partial charge in [0, 0.05) is 10.6 Å².